The van der Waals surface area contributed by atoms with E-state index in [4.69, 9.17) is 5.11 Å². The molecule has 0 saturated heterocycles. The van der Waals surface area contributed by atoms with Crippen molar-refractivity contribution in [3.63, 3.8) is 0 Å². The van der Waals surface area contributed by atoms with Gasteiger partial charge in [-0.3, -0.25) is 0 Å². The maximum atomic E-state index is 13.1. The highest BCUT2D eigenvalue weighted by atomic mass is 32.1. The fourth-order valence-corrected chi connectivity index (χ4v) is 2.10. The van der Waals surface area contributed by atoms with Crippen molar-refractivity contribution < 1.29 is 23.1 Å². The van der Waals surface area contributed by atoms with E-state index >= 15 is 0 Å². The molecule has 0 aliphatic heterocycles. The van der Waals surface area contributed by atoms with Crippen molar-refractivity contribution in [3.05, 3.63) is 34.5 Å². The van der Waals surface area contributed by atoms with E-state index in [1.165, 1.54) is 0 Å². The number of rotatable bonds is 1. The summed E-state index contributed by atoms with van der Waals surface area (Å²) in [6, 6.07) is 1.88. The third-order valence-electron chi connectivity index (χ3n) is 1.86. The van der Waals surface area contributed by atoms with Crippen molar-refractivity contribution in [3.8, 4) is 0 Å². The summed E-state index contributed by atoms with van der Waals surface area (Å²) in [5.74, 6) is -5.50. The Morgan fingerprint density at radius 2 is 1.87 bits per heavy atom. The zero-order chi connectivity index (χ0) is 11.2. The molecule has 1 aromatic heterocycles. The van der Waals surface area contributed by atoms with Crippen molar-refractivity contribution in [1.82, 2.24) is 0 Å². The Kier molecular flexibility index (Phi) is 2.15. The second-order valence-electron chi connectivity index (χ2n) is 2.82. The molecule has 0 aliphatic rings. The molecule has 0 amide bonds. The lowest BCUT2D eigenvalue weighted by Gasteiger charge is -1.95. The van der Waals surface area contributed by atoms with E-state index in [1.807, 2.05) is 0 Å². The summed E-state index contributed by atoms with van der Waals surface area (Å²) in [6.07, 6.45) is 0. The van der Waals surface area contributed by atoms with Gasteiger partial charge >= 0.3 is 5.97 Å². The number of carboxylic acids is 1. The Labute approximate surface area is 85.6 Å². The van der Waals surface area contributed by atoms with E-state index in [-0.39, 0.29) is 15.0 Å². The first-order valence-corrected chi connectivity index (χ1v) is 4.62. The first-order chi connectivity index (χ1) is 7.00. The molecule has 2 aromatic rings. The Morgan fingerprint density at radius 3 is 2.47 bits per heavy atom. The van der Waals surface area contributed by atoms with Crippen LogP contribution in [0.4, 0.5) is 13.2 Å². The molecule has 6 heteroatoms. The van der Waals surface area contributed by atoms with Crippen molar-refractivity contribution in [2.45, 2.75) is 0 Å². The fraction of sp³-hybridized carbons (Fsp3) is 0. The predicted octanol–water partition coefficient (Wildman–Crippen LogP) is 3.02. The number of halogens is 3. The van der Waals surface area contributed by atoms with Crippen molar-refractivity contribution >= 4 is 27.4 Å². The molecule has 0 atom stereocenters. The molecule has 0 fully saturated rings. The number of fused-ring (bicyclic) bond motifs is 1. The molecule has 1 aromatic carbocycles. The molecule has 1 heterocycles. The van der Waals surface area contributed by atoms with Gasteiger partial charge in [0.05, 0.1) is 4.70 Å². The first kappa shape index (κ1) is 9.97. The molecule has 2 rings (SSSR count). The highest BCUT2D eigenvalue weighted by Crippen LogP contribution is 2.30. The van der Waals surface area contributed by atoms with Crippen LogP contribution >= 0.6 is 11.3 Å². The van der Waals surface area contributed by atoms with Crippen LogP contribution in [0.15, 0.2) is 12.1 Å². The third-order valence-corrected chi connectivity index (χ3v) is 2.99. The van der Waals surface area contributed by atoms with Crippen molar-refractivity contribution in [1.29, 1.82) is 0 Å². The summed E-state index contributed by atoms with van der Waals surface area (Å²) in [4.78, 5) is 10.4. The van der Waals surface area contributed by atoms with Gasteiger partial charge in [0.1, 0.15) is 4.88 Å². The number of carboxylic acid groups (broad SMARTS) is 1. The molecular formula is C9H3F3O2S. The van der Waals surface area contributed by atoms with E-state index in [9.17, 15) is 18.0 Å². The van der Waals surface area contributed by atoms with E-state index in [2.05, 4.69) is 0 Å². The van der Waals surface area contributed by atoms with Gasteiger partial charge < -0.3 is 5.11 Å². The van der Waals surface area contributed by atoms with Gasteiger partial charge in [-0.05, 0) is 17.5 Å². The second kappa shape index (κ2) is 3.23. The smallest absolute Gasteiger partial charge is 0.345 e. The maximum absolute atomic E-state index is 13.1. The van der Waals surface area contributed by atoms with E-state index in [1.54, 1.807) is 0 Å². The molecule has 0 saturated carbocycles. The van der Waals surface area contributed by atoms with Crippen LogP contribution < -0.4 is 0 Å². The number of hydrogen-bond donors (Lipinski definition) is 1. The minimum atomic E-state index is -1.58. The Balaban J connectivity index is 2.82. The number of thiophene rings is 1. The number of aromatic carboxylic acids is 1. The largest absolute Gasteiger partial charge is 0.477 e. The standard InChI is InChI=1S/C9H3F3O2S/c10-4-1-3-2-5(9(13)14)15-8(3)7(12)6(4)11/h1-2H,(H,13,14). The SMILES string of the molecule is O=C(O)c1cc2cc(F)c(F)c(F)c2s1. The van der Waals surface area contributed by atoms with Gasteiger partial charge in [0.2, 0.25) is 0 Å². The van der Waals surface area contributed by atoms with Crippen LogP contribution in [0.1, 0.15) is 9.67 Å². The molecule has 1 N–H and O–H groups in total. The first-order valence-electron chi connectivity index (χ1n) is 3.81. The van der Waals surface area contributed by atoms with Gasteiger partial charge in [-0.2, -0.15) is 0 Å². The molecule has 78 valence electrons. The minimum Gasteiger partial charge on any atom is -0.477 e. The molecular weight excluding hydrogens is 229 g/mol. The van der Waals surface area contributed by atoms with Crippen LogP contribution in [-0.2, 0) is 0 Å². The highest BCUT2D eigenvalue weighted by molar-refractivity contribution is 7.20. The minimum absolute atomic E-state index is 0.0498. The van der Waals surface area contributed by atoms with Gasteiger partial charge in [0, 0.05) is 0 Å². The zero-order valence-corrected chi connectivity index (χ0v) is 7.87. The molecule has 0 unspecified atom stereocenters. The monoisotopic (exact) mass is 232 g/mol. The van der Waals surface area contributed by atoms with Crippen molar-refractivity contribution in [2.24, 2.45) is 0 Å². The van der Waals surface area contributed by atoms with Crippen LogP contribution in [0.3, 0.4) is 0 Å². The van der Waals surface area contributed by atoms with Crippen LogP contribution in [0.25, 0.3) is 10.1 Å². The Bertz CT molecular complexity index is 562. The van der Waals surface area contributed by atoms with E-state index in [0.29, 0.717) is 11.3 Å². The van der Waals surface area contributed by atoms with Gasteiger partial charge in [0.15, 0.2) is 17.5 Å². The summed E-state index contributed by atoms with van der Waals surface area (Å²) in [7, 11) is 0. The maximum Gasteiger partial charge on any atom is 0.345 e. The van der Waals surface area contributed by atoms with Gasteiger partial charge in [-0.25, -0.2) is 18.0 Å². The van der Waals surface area contributed by atoms with E-state index in [0.717, 1.165) is 12.1 Å². The average Bonchev–Trinajstić information content (AvgIpc) is 2.58. The zero-order valence-electron chi connectivity index (χ0n) is 7.05. The third kappa shape index (κ3) is 1.46. The normalized spacial score (nSPS) is 10.9. The topological polar surface area (TPSA) is 37.3 Å². The van der Waals surface area contributed by atoms with Gasteiger partial charge in [-0.15, -0.1) is 11.3 Å². The highest BCUT2D eigenvalue weighted by Gasteiger charge is 2.17. The molecule has 0 bridgehead atoms. The van der Waals surface area contributed by atoms with Crippen LogP contribution in [0.5, 0.6) is 0 Å². The van der Waals surface area contributed by atoms with Crippen LogP contribution in [0, 0.1) is 17.5 Å². The van der Waals surface area contributed by atoms with Gasteiger partial charge in [-0.1, -0.05) is 0 Å². The summed E-state index contributed by atoms with van der Waals surface area (Å²) < 4.78 is 38.5. The fourth-order valence-electron chi connectivity index (χ4n) is 1.19. The molecule has 2 nitrogen and oxygen atoms in total. The van der Waals surface area contributed by atoms with E-state index < -0.39 is 23.4 Å². The number of carbonyl (C=O) groups is 1. The number of benzene rings is 1. The van der Waals surface area contributed by atoms with Crippen molar-refractivity contribution in [2.75, 3.05) is 0 Å². The lowest BCUT2D eigenvalue weighted by Crippen LogP contribution is -1.89. The Hall–Kier alpha value is -1.56. The molecule has 15 heavy (non-hydrogen) atoms. The summed E-state index contributed by atoms with van der Waals surface area (Å²) in [6.45, 7) is 0. The lowest BCUT2D eigenvalue weighted by molar-refractivity contribution is 0.0702. The quantitative estimate of drug-likeness (QED) is 0.767. The lowest BCUT2D eigenvalue weighted by atomic mass is 10.2. The summed E-state index contributed by atoms with van der Waals surface area (Å²) in [5, 5.41) is 8.67. The molecule has 0 radical (unpaired) electrons. The second-order valence-corrected chi connectivity index (χ2v) is 3.87. The average molecular weight is 232 g/mol. The van der Waals surface area contributed by atoms with Crippen LogP contribution in [-0.4, -0.2) is 11.1 Å². The van der Waals surface area contributed by atoms with Gasteiger partial charge in [0.25, 0.3) is 0 Å². The summed E-state index contributed by atoms with van der Waals surface area (Å²) >= 11 is 0.574. The van der Waals surface area contributed by atoms with Crippen LogP contribution in [0.2, 0.25) is 0 Å². The molecule has 0 aliphatic carbocycles. The number of hydrogen-bond acceptors (Lipinski definition) is 2. The Morgan fingerprint density at radius 1 is 1.20 bits per heavy atom. The summed E-state index contributed by atoms with van der Waals surface area (Å²) in [5.41, 5.74) is 0. The molecule has 0 spiro atoms. The predicted molar refractivity (Wildman–Crippen MR) is 48.7 cm³/mol.